The van der Waals surface area contributed by atoms with Gasteiger partial charge in [-0.3, -0.25) is 10.1 Å². The van der Waals surface area contributed by atoms with Gasteiger partial charge in [0.1, 0.15) is 5.15 Å². The lowest BCUT2D eigenvalue weighted by Gasteiger charge is -2.10. The number of aromatic nitrogens is 1. The number of anilines is 1. The zero-order chi connectivity index (χ0) is 14.5. The minimum absolute atomic E-state index is 0.141. The SMILES string of the molecule is O=C(NC(=S)Nc1ccc(I)cc1)c1cccnc1Cl. The van der Waals surface area contributed by atoms with Crippen molar-refractivity contribution in [3.63, 3.8) is 0 Å². The van der Waals surface area contributed by atoms with Gasteiger partial charge in [-0.25, -0.2) is 4.98 Å². The molecule has 1 aromatic heterocycles. The molecule has 20 heavy (non-hydrogen) atoms. The molecule has 0 aliphatic heterocycles. The average molecular weight is 418 g/mol. The number of pyridine rings is 1. The molecule has 0 aliphatic carbocycles. The van der Waals surface area contributed by atoms with Crippen LogP contribution in [0.1, 0.15) is 10.4 Å². The van der Waals surface area contributed by atoms with Crippen LogP contribution >= 0.6 is 46.4 Å². The molecule has 1 heterocycles. The summed E-state index contributed by atoms with van der Waals surface area (Å²) in [4.78, 5) is 15.8. The number of nitrogens with zero attached hydrogens (tertiary/aromatic N) is 1. The number of benzene rings is 1. The van der Waals surface area contributed by atoms with Gasteiger partial charge in [0.15, 0.2) is 5.11 Å². The van der Waals surface area contributed by atoms with E-state index in [-0.39, 0.29) is 15.8 Å². The Labute approximate surface area is 140 Å². The second-order valence-corrected chi connectivity index (χ2v) is 5.77. The molecule has 0 saturated carbocycles. The molecule has 1 amide bonds. The Kier molecular flexibility index (Phi) is 5.27. The van der Waals surface area contributed by atoms with Crippen molar-refractivity contribution >= 4 is 63.1 Å². The van der Waals surface area contributed by atoms with Gasteiger partial charge in [-0.1, -0.05) is 11.6 Å². The zero-order valence-corrected chi connectivity index (χ0v) is 13.8. The topological polar surface area (TPSA) is 54.0 Å². The first kappa shape index (κ1) is 15.1. The number of amides is 1. The van der Waals surface area contributed by atoms with Crippen LogP contribution in [0.2, 0.25) is 5.15 Å². The first-order valence-electron chi connectivity index (χ1n) is 5.54. The highest BCUT2D eigenvalue weighted by atomic mass is 127. The maximum absolute atomic E-state index is 12.0. The van der Waals surface area contributed by atoms with E-state index < -0.39 is 5.91 Å². The number of carbonyl (C=O) groups excluding carboxylic acids is 1. The minimum atomic E-state index is -0.397. The van der Waals surface area contributed by atoms with Gasteiger partial charge >= 0.3 is 0 Å². The van der Waals surface area contributed by atoms with Crippen LogP contribution in [-0.2, 0) is 0 Å². The van der Waals surface area contributed by atoms with E-state index in [1.54, 1.807) is 12.1 Å². The van der Waals surface area contributed by atoms with Gasteiger partial charge < -0.3 is 5.32 Å². The van der Waals surface area contributed by atoms with Crippen LogP contribution in [0.3, 0.4) is 0 Å². The average Bonchev–Trinajstić information content (AvgIpc) is 2.41. The van der Waals surface area contributed by atoms with Crippen LogP contribution in [0, 0.1) is 3.57 Å². The fourth-order valence-corrected chi connectivity index (χ4v) is 2.20. The molecule has 0 spiro atoms. The fraction of sp³-hybridized carbons (Fsp3) is 0. The molecule has 0 bridgehead atoms. The van der Waals surface area contributed by atoms with E-state index in [0.29, 0.717) is 0 Å². The largest absolute Gasteiger partial charge is 0.332 e. The van der Waals surface area contributed by atoms with Crippen molar-refractivity contribution in [2.45, 2.75) is 0 Å². The lowest BCUT2D eigenvalue weighted by molar-refractivity contribution is 0.0977. The second-order valence-electron chi connectivity index (χ2n) is 3.76. The molecule has 0 radical (unpaired) electrons. The quantitative estimate of drug-likeness (QED) is 0.446. The van der Waals surface area contributed by atoms with Crippen molar-refractivity contribution < 1.29 is 4.79 Å². The Hall–Kier alpha value is -1.25. The molecule has 102 valence electrons. The Balaban J connectivity index is 2.00. The molecular weight excluding hydrogens is 409 g/mol. The van der Waals surface area contributed by atoms with Gasteiger partial charge in [0.2, 0.25) is 0 Å². The third-order valence-electron chi connectivity index (χ3n) is 2.33. The molecule has 0 saturated heterocycles. The Morgan fingerprint density at radius 3 is 2.60 bits per heavy atom. The Morgan fingerprint density at radius 2 is 1.95 bits per heavy atom. The summed E-state index contributed by atoms with van der Waals surface area (Å²) in [6.07, 6.45) is 1.52. The fourth-order valence-electron chi connectivity index (χ4n) is 1.42. The van der Waals surface area contributed by atoms with E-state index in [1.807, 2.05) is 24.3 Å². The maximum atomic E-state index is 12.0. The number of nitrogens with one attached hydrogen (secondary N) is 2. The van der Waals surface area contributed by atoms with E-state index in [2.05, 4.69) is 38.2 Å². The van der Waals surface area contributed by atoms with Crippen LogP contribution in [-0.4, -0.2) is 16.0 Å². The highest BCUT2D eigenvalue weighted by Gasteiger charge is 2.12. The monoisotopic (exact) mass is 417 g/mol. The van der Waals surface area contributed by atoms with Crippen molar-refractivity contribution in [3.8, 4) is 0 Å². The van der Waals surface area contributed by atoms with Gasteiger partial charge in [-0.2, -0.15) is 0 Å². The van der Waals surface area contributed by atoms with Gasteiger partial charge in [0, 0.05) is 15.5 Å². The zero-order valence-electron chi connectivity index (χ0n) is 10.1. The Morgan fingerprint density at radius 1 is 1.25 bits per heavy atom. The molecule has 7 heteroatoms. The molecule has 0 atom stereocenters. The van der Waals surface area contributed by atoms with E-state index in [1.165, 1.54) is 6.20 Å². The lowest BCUT2D eigenvalue weighted by atomic mass is 10.3. The van der Waals surface area contributed by atoms with Gasteiger partial charge in [-0.05, 0) is 71.2 Å². The van der Waals surface area contributed by atoms with Crippen LogP contribution in [0.15, 0.2) is 42.6 Å². The summed E-state index contributed by atoms with van der Waals surface area (Å²) in [6.45, 7) is 0. The van der Waals surface area contributed by atoms with Crippen LogP contribution < -0.4 is 10.6 Å². The summed E-state index contributed by atoms with van der Waals surface area (Å²) in [6, 6.07) is 10.8. The van der Waals surface area contributed by atoms with Crippen molar-refractivity contribution in [1.82, 2.24) is 10.3 Å². The molecule has 2 rings (SSSR count). The van der Waals surface area contributed by atoms with E-state index in [4.69, 9.17) is 23.8 Å². The summed E-state index contributed by atoms with van der Waals surface area (Å²) in [5.41, 5.74) is 1.08. The van der Waals surface area contributed by atoms with Crippen LogP contribution in [0.5, 0.6) is 0 Å². The number of carbonyl (C=O) groups is 1. The van der Waals surface area contributed by atoms with Gasteiger partial charge in [0.25, 0.3) is 5.91 Å². The minimum Gasteiger partial charge on any atom is -0.332 e. The van der Waals surface area contributed by atoms with E-state index in [9.17, 15) is 4.79 Å². The molecule has 0 unspecified atom stereocenters. The van der Waals surface area contributed by atoms with Crippen molar-refractivity contribution in [2.24, 2.45) is 0 Å². The Bertz CT molecular complexity index is 648. The molecular formula is C13H9ClIN3OS. The highest BCUT2D eigenvalue weighted by Crippen LogP contribution is 2.12. The van der Waals surface area contributed by atoms with Crippen LogP contribution in [0.4, 0.5) is 5.69 Å². The summed E-state index contributed by atoms with van der Waals surface area (Å²) in [5.74, 6) is -0.397. The van der Waals surface area contributed by atoms with Crippen molar-refractivity contribution in [2.75, 3.05) is 5.32 Å². The molecule has 0 aliphatic rings. The maximum Gasteiger partial charge on any atom is 0.260 e. The lowest BCUT2D eigenvalue weighted by Crippen LogP contribution is -2.34. The number of hydrogen-bond acceptors (Lipinski definition) is 3. The second kappa shape index (κ2) is 6.96. The molecule has 1 aromatic carbocycles. The molecule has 2 N–H and O–H groups in total. The number of rotatable bonds is 2. The first-order valence-corrected chi connectivity index (χ1v) is 7.41. The highest BCUT2D eigenvalue weighted by molar-refractivity contribution is 14.1. The predicted molar refractivity (Wildman–Crippen MR) is 92.1 cm³/mol. The smallest absolute Gasteiger partial charge is 0.260 e. The summed E-state index contributed by atoms with van der Waals surface area (Å²) < 4.78 is 1.12. The first-order chi connectivity index (χ1) is 9.56. The predicted octanol–water partition coefficient (Wildman–Crippen LogP) is 3.47. The molecule has 2 aromatic rings. The summed E-state index contributed by atoms with van der Waals surface area (Å²) >= 11 is 13.1. The van der Waals surface area contributed by atoms with E-state index in [0.717, 1.165) is 9.26 Å². The standard InChI is InChI=1S/C13H9ClIN3OS/c14-11-10(2-1-7-16-11)12(19)18-13(20)17-9-5-3-8(15)4-6-9/h1-7H,(H2,17,18,19,20). The normalized spacial score (nSPS) is 9.90. The van der Waals surface area contributed by atoms with Crippen molar-refractivity contribution in [3.05, 3.63) is 56.9 Å². The third-order valence-corrected chi connectivity index (χ3v) is 3.56. The molecule has 4 nitrogen and oxygen atoms in total. The van der Waals surface area contributed by atoms with Gasteiger partial charge in [0.05, 0.1) is 5.56 Å². The summed E-state index contributed by atoms with van der Waals surface area (Å²) in [5, 5.41) is 5.82. The third kappa shape index (κ3) is 4.12. The summed E-state index contributed by atoms with van der Waals surface area (Å²) in [7, 11) is 0. The number of hydrogen-bond donors (Lipinski definition) is 2. The number of thiocarbonyl (C=S) groups is 1. The molecule has 0 fully saturated rings. The van der Waals surface area contributed by atoms with Gasteiger partial charge in [-0.15, -0.1) is 0 Å². The van der Waals surface area contributed by atoms with E-state index >= 15 is 0 Å². The van der Waals surface area contributed by atoms with Crippen LogP contribution in [0.25, 0.3) is 0 Å². The number of halogens is 2. The van der Waals surface area contributed by atoms with Crippen molar-refractivity contribution in [1.29, 1.82) is 0 Å².